The van der Waals surface area contributed by atoms with Crippen molar-refractivity contribution in [2.75, 3.05) is 32.6 Å². The van der Waals surface area contributed by atoms with Crippen molar-refractivity contribution in [1.82, 2.24) is 4.31 Å². The molecule has 0 N–H and O–H groups in total. The Kier molecular flexibility index (Phi) is 7.47. The van der Waals surface area contributed by atoms with Crippen LogP contribution in [0, 0.1) is 0 Å². The number of hydrogen-bond acceptors (Lipinski definition) is 5. The standard InChI is InChI=1S/C13H25NO5S/c1-3-4-10-20(16,17)14(8-7-13(15)18-2)11-12-6-5-9-19-12/h12H,3-11H2,1-2H3. The molecule has 0 saturated carbocycles. The number of nitrogens with zero attached hydrogens (tertiary/aromatic N) is 1. The summed E-state index contributed by atoms with van der Waals surface area (Å²) in [5.41, 5.74) is 0. The zero-order valence-corrected chi connectivity index (χ0v) is 13.2. The molecule has 0 amide bonds. The number of sulfonamides is 1. The summed E-state index contributed by atoms with van der Waals surface area (Å²) in [6.07, 6.45) is 3.31. The zero-order valence-electron chi connectivity index (χ0n) is 12.3. The van der Waals surface area contributed by atoms with Crippen LogP contribution in [0.25, 0.3) is 0 Å². The van der Waals surface area contributed by atoms with E-state index in [0.29, 0.717) is 19.6 Å². The third kappa shape index (κ3) is 5.76. The van der Waals surface area contributed by atoms with Gasteiger partial charge in [-0.15, -0.1) is 0 Å². The Morgan fingerprint density at radius 3 is 2.75 bits per heavy atom. The highest BCUT2D eigenvalue weighted by molar-refractivity contribution is 7.89. The second kappa shape index (κ2) is 8.59. The SMILES string of the molecule is CCCCS(=O)(=O)N(CCC(=O)OC)CC1CCCO1. The Balaban J connectivity index is 2.63. The Bertz CT molecular complexity index is 390. The van der Waals surface area contributed by atoms with Crippen LogP contribution in [0.3, 0.4) is 0 Å². The topological polar surface area (TPSA) is 72.9 Å². The molecule has 0 aromatic heterocycles. The summed E-state index contributed by atoms with van der Waals surface area (Å²) in [5.74, 6) is -0.273. The molecule has 1 unspecified atom stereocenters. The molecule has 1 saturated heterocycles. The quantitative estimate of drug-likeness (QED) is 0.598. The van der Waals surface area contributed by atoms with E-state index < -0.39 is 16.0 Å². The molecule has 1 rings (SSSR count). The molecule has 0 bridgehead atoms. The number of ether oxygens (including phenoxy) is 2. The molecule has 0 spiro atoms. The highest BCUT2D eigenvalue weighted by atomic mass is 32.2. The summed E-state index contributed by atoms with van der Waals surface area (Å²) in [5, 5.41) is 0. The van der Waals surface area contributed by atoms with Crippen LogP contribution in [0.15, 0.2) is 0 Å². The molecule has 20 heavy (non-hydrogen) atoms. The first-order chi connectivity index (χ1) is 9.49. The highest BCUT2D eigenvalue weighted by Crippen LogP contribution is 2.16. The van der Waals surface area contributed by atoms with E-state index in [-0.39, 0.29) is 24.8 Å². The molecule has 0 aromatic rings. The van der Waals surface area contributed by atoms with Gasteiger partial charge in [-0.3, -0.25) is 4.79 Å². The van der Waals surface area contributed by atoms with Gasteiger partial charge in [0, 0.05) is 19.7 Å². The molecule has 1 aliphatic heterocycles. The van der Waals surface area contributed by atoms with Crippen molar-refractivity contribution in [3.8, 4) is 0 Å². The Labute approximate surface area is 121 Å². The number of carbonyl (C=O) groups excluding carboxylic acids is 1. The second-order valence-corrected chi connectivity index (χ2v) is 7.08. The number of rotatable bonds is 9. The van der Waals surface area contributed by atoms with Gasteiger partial charge in [0.1, 0.15) is 0 Å². The van der Waals surface area contributed by atoms with Gasteiger partial charge in [0.2, 0.25) is 10.0 Å². The first-order valence-corrected chi connectivity index (χ1v) is 8.76. The van der Waals surface area contributed by atoms with E-state index in [2.05, 4.69) is 4.74 Å². The van der Waals surface area contributed by atoms with Crippen molar-refractivity contribution in [1.29, 1.82) is 0 Å². The molecule has 1 heterocycles. The Morgan fingerprint density at radius 1 is 1.45 bits per heavy atom. The summed E-state index contributed by atoms with van der Waals surface area (Å²) in [7, 11) is -2.03. The third-order valence-corrected chi connectivity index (χ3v) is 5.30. The van der Waals surface area contributed by atoms with Gasteiger partial charge in [-0.2, -0.15) is 4.31 Å². The maximum absolute atomic E-state index is 12.3. The fourth-order valence-electron chi connectivity index (χ4n) is 2.13. The highest BCUT2D eigenvalue weighted by Gasteiger charge is 2.27. The fourth-order valence-corrected chi connectivity index (χ4v) is 3.81. The van der Waals surface area contributed by atoms with Crippen LogP contribution in [-0.4, -0.2) is 57.4 Å². The summed E-state index contributed by atoms with van der Waals surface area (Å²) < 4.78 is 36.0. The normalized spacial score (nSPS) is 19.4. The molecule has 1 atom stereocenters. The first-order valence-electron chi connectivity index (χ1n) is 7.16. The summed E-state index contributed by atoms with van der Waals surface area (Å²) >= 11 is 0. The fraction of sp³-hybridized carbons (Fsp3) is 0.923. The maximum atomic E-state index is 12.3. The van der Waals surface area contributed by atoms with E-state index in [4.69, 9.17) is 4.74 Å². The number of hydrogen-bond donors (Lipinski definition) is 0. The van der Waals surface area contributed by atoms with E-state index in [0.717, 1.165) is 19.3 Å². The van der Waals surface area contributed by atoms with Gasteiger partial charge in [0.05, 0.1) is 25.4 Å². The number of unbranched alkanes of at least 4 members (excludes halogenated alkanes) is 1. The van der Waals surface area contributed by atoms with E-state index in [1.54, 1.807) is 0 Å². The largest absolute Gasteiger partial charge is 0.469 e. The lowest BCUT2D eigenvalue weighted by atomic mass is 10.2. The van der Waals surface area contributed by atoms with Crippen LogP contribution in [0.2, 0.25) is 0 Å². The molecule has 1 aliphatic rings. The van der Waals surface area contributed by atoms with Gasteiger partial charge < -0.3 is 9.47 Å². The lowest BCUT2D eigenvalue weighted by Gasteiger charge is -2.24. The van der Waals surface area contributed by atoms with Gasteiger partial charge in [0.25, 0.3) is 0 Å². The summed E-state index contributed by atoms with van der Waals surface area (Å²) in [4.78, 5) is 11.2. The van der Waals surface area contributed by atoms with E-state index >= 15 is 0 Å². The lowest BCUT2D eigenvalue weighted by molar-refractivity contribution is -0.140. The smallest absolute Gasteiger partial charge is 0.306 e. The minimum Gasteiger partial charge on any atom is -0.469 e. The third-order valence-electron chi connectivity index (χ3n) is 3.37. The second-order valence-electron chi connectivity index (χ2n) is 4.99. The van der Waals surface area contributed by atoms with Gasteiger partial charge in [0.15, 0.2) is 0 Å². The van der Waals surface area contributed by atoms with Crippen LogP contribution in [0.1, 0.15) is 39.0 Å². The molecule has 0 aliphatic carbocycles. The van der Waals surface area contributed by atoms with Crippen LogP contribution in [0.4, 0.5) is 0 Å². The average molecular weight is 307 g/mol. The van der Waals surface area contributed by atoms with E-state index in [1.807, 2.05) is 6.92 Å². The molecule has 1 fully saturated rings. The molecule has 118 valence electrons. The van der Waals surface area contributed by atoms with Gasteiger partial charge in [-0.05, 0) is 19.3 Å². The minimum absolute atomic E-state index is 0.0518. The monoisotopic (exact) mass is 307 g/mol. The van der Waals surface area contributed by atoms with E-state index in [1.165, 1.54) is 11.4 Å². The number of carbonyl (C=O) groups is 1. The predicted molar refractivity (Wildman–Crippen MR) is 75.9 cm³/mol. The molecule has 0 radical (unpaired) electrons. The van der Waals surface area contributed by atoms with Crippen molar-refractivity contribution in [2.45, 2.75) is 45.1 Å². The van der Waals surface area contributed by atoms with Crippen LogP contribution < -0.4 is 0 Å². The van der Waals surface area contributed by atoms with Crippen molar-refractivity contribution in [3.05, 3.63) is 0 Å². The van der Waals surface area contributed by atoms with Crippen molar-refractivity contribution >= 4 is 16.0 Å². The molecule has 0 aromatic carbocycles. The van der Waals surface area contributed by atoms with Crippen molar-refractivity contribution < 1.29 is 22.7 Å². The zero-order chi connectivity index (χ0) is 15.0. The molecular weight excluding hydrogens is 282 g/mol. The van der Waals surface area contributed by atoms with E-state index in [9.17, 15) is 13.2 Å². The molecule has 7 heteroatoms. The lowest BCUT2D eigenvalue weighted by Crippen LogP contribution is -2.40. The molecule has 6 nitrogen and oxygen atoms in total. The predicted octanol–water partition coefficient (Wildman–Crippen LogP) is 1.16. The van der Waals surface area contributed by atoms with Gasteiger partial charge >= 0.3 is 5.97 Å². The number of esters is 1. The van der Waals surface area contributed by atoms with Crippen molar-refractivity contribution in [3.63, 3.8) is 0 Å². The maximum Gasteiger partial charge on any atom is 0.306 e. The van der Waals surface area contributed by atoms with Gasteiger partial charge in [-0.25, -0.2) is 8.42 Å². The first kappa shape index (κ1) is 17.4. The summed E-state index contributed by atoms with van der Waals surface area (Å²) in [6, 6.07) is 0. The summed E-state index contributed by atoms with van der Waals surface area (Å²) in [6.45, 7) is 3.14. The number of methoxy groups -OCH3 is 1. The van der Waals surface area contributed by atoms with Crippen LogP contribution >= 0.6 is 0 Å². The van der Waals surface area contributed by atoms with Crippen LogP contribution in [-0.2, 0) is 24.3 Å². The van der Waals surface area contributed by atoms with Crippen LogP contribution in [0.5, 0.6) is 0 Å². The van der Waals surface area contributed by atoms with Crippen molar-refractivity contribution in [2.24, 2.45) is 0 Å². The average Bonchev–Trinajstić information content (AvgIpc) is 2.93. The molecular formula is C13H25NO5S. The van der Waals surface area contributed by atoms with Gasteiger partial charge in [-0.1, -0.05) is 13.3 Å². The Morgan fingerprint density at radius 2 is 2.20 bits per heavy atom. The Hall–Kier alpha value is -0.660. The minimum atomic E-state index is -3.33.